The Morgan fingerprint density at radius 3 is 2.82 bits per heavy atom. The Hall–Kier alpha value is -0.960. The summed E-state index contributed by atoms with van der Waals surface area (Å²) in [6, 6.07) is 2.19. The number of rotatable bonds is 1. The van der Waals surface area contributed by atoms with Crippen molar-refractivity contribution in [1.82, 2.24) is 0 Å². The van der Waals surface area contributed by atoms with Crippen LogP contribution in [0, 0.1) is 21.1 Å². The number of anilines is 1. The van der Waals surface area contributed by atoms with Crippen molar-refractivity contribution < 1.29 is 4.74 Å². The van der Waals surface area contributed by atoms with E-state index in [1.807, 2.05) is 0 Å². The highest BCUT2D eigenvalue weighted by atomic mass is 32.1. The van der Waals surface area contributed by atoms with Crippen molar-refractivity contribution in [2.45, 2.75) is 33.0 Å². The molecule has 0 saturated heterocycles. The van der Waals surface area contributed by atoms with Gasteiger partial charge in [0, 0.05) is 12.0 Å². The summed E-state index contributed by atoms with van der Waals surface area (Å²) in [5, 5.41) is 9.72. The molecule has 0 aromatic carbocycles. The summed E-state index contributed by atoms with van der Waals surface area (Å²) >= 11 is 6.59. The predicted molar refractivity (Wildman–Crippen MR) is 71.4 cm³/mol. The van der Waals surface area contributed by atoms with Crippen LogP contribution in [0.5, 0.6) is 0 Å². The molecule has 0 amide bonds. The number of nitriles is 1. The molecule has 17 heavy (non-hydrogen) atoms. The zero-order valence-electron chi connectivity index (χ0n) is 9.82. The van der Waals surface area contributed by atoms with E-state index in [-0.39, 0.29) is 6.10 Å². The lowest BCUT2D eigenvalue weighted by Crippen LogP contribution is -2.28. The van der Waals surface area contributed by atoms with Crippen molar-refractivity contribution >= 4 is 28.6 Å². The molecule has 1 aromatic rings. The zero-order valence-corrected chi connectivity index (χ0v) is 11.5. The normalized spacial score (nSPS) is 18.8. The molecule has 0 radical (unpaired) electrons. The number of ether oxygens (including phenoxy) is 1. The smallest absolute Gasteiger partial charge is 0.105 e. The number of nitrogens with zero attached hydrogens (tertiary/aromatic N) is 1. The summed E-state index contributed by atoms with van der Waals surface area (Å²) in [4.78, 5) is 0. The highest BCUT2D eigenvalue weighted by Gasteiger charge is 2.26. The minimum atomic E-state index is 0.149. The van der Waals surface area contributed by atoms with Crippen molar-refractivity contribution in [3.8, 4) is 6.07 Å². The second-order valence-corrected chi connectivity index (χ2v) is 6.21. The molecular weight excluding hydrogens is 252 g/mol. The fraction of sp³-hybridized carbons (Fsp3) is 0.500. The van der Waals surface area contributed by atoms with Gasteiger partial charge in [0.1, 0.15) is 11.1 Å². The minimum absolute atomic E-state index is 0.149. The van der Waals surface area contributed by atoms with E-state index in [4.69, 9.17) is 22.7 Å². The topological polar surface area (TPSA) is 59.0 Å². The van der Waals surface area contributed by atoms with Gasteiger partial charge in [0.25, 0.3) is 0 Å². The van der Waals surface area contributed by atoms with E-state index in [0.717, 1.165) is 21.4 Å². The van der Waals surface area contributed by atoms with E-state index in [9.17, 15) is 5.26 Å². The SMILES string of the molecule is CC(C)[C@@H]1Cc2c(C#N)c(N)sc(=S)c2CO1. The van der Waals surface area contributed by atoms with Gasteiger partial charge < -0.3 is 10.5 Å². The summed E-state index contributed by atoms with van der Waals surface area (Å²) in [7, 11) is 0. The van der Waals surface area contributed by atoms with Gasteiger partial charge in [-0.25, -0.2) is 0 Å². The van der Waals surface area contributed by atoms with Crippen molar-refractivity contribution in [2.24, 2.45) is 5.92 Å². The largest absolute Gasteiger partial charge is 0.389 e. The van der Waals surface area contributed by atoms with E-state index in [1.165, 1.54) is 11.3 Å². The van der Waals surface area contributed by atoms with Gasteiger partial charge in [-0.1, -0.05) is 26.1 Å². The molecule has 1 aliphatic heterocycles. The Morgan fingerprint density at radius 1 is 1.53 bits per heavy atom. The van der Waals surface area contributed by atoms with E-state index in [2.05, 4.69) is 19.9 Å². The molecule has 0 fully saturated rings. The van der Waals surface area contributed by atoms with Crippen LogP contribution in [-0.4, -0.2) is 6.10 Å². The van der Waals surface area contributed by atoms with E-state index in [1.54, 1.807) is 0 Å². The molecule has 0 aliphatic carbocycles. The second kappa shape index (κ2) is 4.73. The van der Waals surface area contributed by atoms with Gasteiger partial charge in [-0.2, -0.15) is 5.26 Å². The zero-order chi connectivity index (χ0) is 12.6. The van der Waals surface area contributed by atoms with Crippen LogP contribution in [0.4, 0.5) is 5.00 Å². The Kier molecular flexibility index (Phi) is 3.48. The van der Waals surface area contributed by atoms with Crippen molar-refractivity contribution in [3.05, 3.63) is 20.5 Å². The number of hydrogen-bond acceptors (Lipinski definition) is 5. The van der Waals surface area contributed by atoms with E-state index < -0.39 is 0 Å². The third-order valence-electron chi connectivity index (χ3n) is 3.06. The molecule has 1 atom stereocenters. The van der Waals surface area contributed by atoms with Gasteiger partial charge >= 0.3 is 0 Å². The molecule has 2 N–H and O–H groups in total. The monoisotopic (exact) mass is 266 g/mol. The van der Waals surface area contributed by atoms with Crippen LogP contribution >= 0.6 is 23.6 Å². The summed E-state index contributed by atoms with van der Waals surface area (Å²) < 4.78 is 6.52. The molecule has 1 aliphatic rings. The Morgan fingerprint density at radius 2 is 2.24 bits per heavy atom. The second-order valence-electron chi connectivity index (χ2n) is 4.50. The highest BCUT2D eigenvalue weighted by molar-refractivity contribution is 7.73. The standard InChI is InChI=1S/C12H14N2OS2/c1-6(2)10-3-7-8(4-13)11(14)17-12(16)9(7)5-15-10/h6,10H,3,5,14H2,1-2H3/t10-/m0/s1. The average Bonchev–Trinajstić information content (AvgIpc) is 2.28. The van der Waals surface area contributed by atoms with Gasteiger partial charge in [-0.3, -0.25) is 0 Å². The first-order chi connectivity index (χ1) is 8.04. The highest BCUT2D eigenvalue weighted by Crippen LogP contribution is 2.33. The maximum absolute atomic E-state index is 9.19. The van der Waals surface area contributed by atoms with E-state index >= 15 is 0 Å². The van der Waals surface area contributed by atoms with E-state index in [0.29, 0.717) is 23.1 Å². The molecule has 2 heterocycles. The van der Waals surface area contributed by atoms with Crippen molar-refractivity contribution in [3.63, 3.8) is 0 Å². The first-order valence-corrected chi connectivity index (χ1v) is 6.73. The van der Waals surface area contributed by atoms with Gasteiger partial charge in [-0.05, 0) is 11.5 Å². The molecule has 0 saturated carbocycles. The number of nitrogens with two attached hydrogens (primary N) is 1. The fourth-order valence-corrected chi connectivity index (χ4v) is 3.24. The summed E-state index contributed by atoms with van der Waals surface area (Å²) in [6.07, 6.45) is 0.882. The van der Waals surface area contributed by atoms with Crippen LogP contribution in [0.25, 0.3) is 0 Å². The summed E-state index contributed by atoms with van der Waals surface area (Å²) in [5.74, 6) is 0.424. The third-order valence-corrected chi connectivity index (χ3v) is 4.42. The Labute approximate surface area is 110 Å². The summed E-state index contributed by atoms with van der Waals surface area (Å²) in [5.41, 5.74) is 8.43. The molecular formula is C12H14N2OS2. The molecule has 90 valence electrons. The quantitative estimate of drug-likeness (QED) is 0.794. The molecule has 3 nitrogen and oxygen atoms in total. The maximum Gasteiger partial charge on any atom is 0.105 e. The van der Waals surface area contributed by atoms with Gasteiger partial charge in [-0.15, -0.1) is 11.3 Å². The van der Waals surface area contributed by atoms with Crippen molar-refractivity contribution in [2.75, 3.05) is 5.73 Å². The van der Waals surface area contributed by atoms with Crippen molar-refractivity contribution in [1.29, 1.82) is 5.26 Å². The summed E-state index contributed by atoms with van der Waals surface area (Å²) in [6.45, 7) is 4.74. The molecule has 0 bridgehead atoms. The first-order valence-electron chi connectivity index (χ1n) is 5.50. The van der Waals surface area contributed by atoms with Crippen LogP contribution in [-0.2, 0) is 17.8 Å². The lowest BCUT2D eigenvalue weighted by atomic mass is 9.92. The Balaban J connectivity index is 2.56. The lowest BCUT2D eigenvalue weighted by Gasteiger charge is -2.28. The van der Waals surface area contributed by atoms with Crippen LogP contribution in [0.1, 0.15) is 30.5 Å². The number of hydrogen-bond donors (Lipinski definition) is 1. The first kappa shape index (κ1) is 12.5. The Bertz CT molecular complexity index is 543. The average molecular weight is 266 g/mol. The lowest BCUT2D eigenvalue weighted by molar-refractivity contribution is -0.000360. The molecule has 1 aromatic heterocycles. The molecule has 5 heteroatoms. The van der Waals surface area contributed by atoms with Gasteiger partial charge in [0.2, 0.25) is 0 Å². The fourth-order valence-electron chi connectivity index (χ4n) is 2.01. The van der Waals surface area contributed by atoms with Gasteiger partial charge in [0.05, 0.1) is 22.1 Å². The predicted octanol–water partition coefficient (Wildman–Crippen LogP) is 3.03. The van der Waals surface area contributed by atoms with Gasteiger partial charge in [0.15, 0.2) is 0 Å². The molecule has 2 rings (SSSR count). The minimum Gasteiger partial charge on any atom is -0.389 e. The van der Waals surface area contributed by atoms with Crippen LogP contribution in [0.2, 0.25) is 0 Å². The number of fused-ring (bicyclic) bond motifs is 1. The third kappa shape index (κ3) is 2.21. The number of nitrogen functional groups attached to an aromatic ring is 1. The van der Waals surface area contributed by atoms with Crippen LogP contribution in [0.15, 0.2) is 0 Å². The molecule has 0 unspecified atom stereocenters. The maximum atomic E-state index is 9.19. The van der Waals surface area contributed by atoms with Crippen LogP contribution < -0.4 is 5.73 Å². The van der Waals surface area contributed by atoms with Crippen LogP contribution in [0.3, 0.4) is 0 Å². The molecule has 0 spiro atoms.